The van der Waals surface area contributed by atoms with Gasteiger partial charge in [0.15, 0.2) is 0 Å². The van der Waals surface area contributed by atoms with Crippen molar-refractivity contribution >= 4 is 42.1 Å². The van der Waals surface area contributed by atoms with Crippen molar-refractivity contribution in [2.45, 2.75) is 26.9 Å². The first-order chi connectivity index (χ1) is 12.9. The molecule has 0 amide bonds. The number of hydrogen-bond acceptors (Lipinski definition) is 4. The average Bonchev–Trinajstić information content (AvgIpc) is 2.61. The van der Waals surface area contributed by atoms with Gasteiger partial charge in [-0.15, -0.1) is 24.8 Å². The van der Waals surface area contributed by atoms with E-state index in [0.717, 1.165) is 53.8 Å². The van der Waals surface area contributed by atoms with E-state index in [9.17, 15) is 5.11 Å². The van der Waals surface area contributed by atoms with Gasteiger partial charge >= 0.3 is 0 Å². The highest BCUT2D eigenvalue weighted by Crippen LogP contribution is 2.25. The van der Waals surface area contributed by atoms with Gasteiger partial charge in [-0.05, 0) is 50.1 Å². The van der Waals surface area contributed by atoms with Crippen LogP contribution in [-0.4, -0.2) is 55.4 Å². The van der Waals surface area contributed by atoms with Crippen LogP contribution in [0.15, 0.2) is 36.4 Å². The summed E-state index contributed by atoms with van der Waals surface area (Å²) in [5.74, 6) is 0.894. The van der Waals surface area contributed by atoms with Crippen molar-refractivity contribution in [2.24, 2.45) is 0 Å². The zero-order valence-corrected chi connectivity index (χ0v) is 19.6. The maximum absolute atomic E-state index is 10.4. The predicted octanol–water partition coefficient (Wildman–Crippen LogP) is 4.67. The Morgan fingerprint density at radius 1 is 1.00 bits per heavy atom. The van der Waals surface area contributed by atoms with Crippen molar-refractivity contribution in [3.05, 3.63) is 58.1 Å². The number of aliphatic hydroxyl groups is 1. The van der Waals surface area contributed by atoms with E-state index >= 15 is 0 Å². The minimum atomic E-state index is -0.497. The number of hydrogen-bond donors (Lipinski definition) is 1. The smallest absolute Gasteiger partial charge is 0.125 e. The van der Waals surface area contributed by atoms with Crippen LogP contribution >= 0.6 is 36.4 Å². The fraction of sp³-hybridized carbons (Fsp3) is 0.455. The van der Waals surface area contributed by atoms with Crippen LogP contribution in [-0.2, 0) is 0 Å². The molecule has 29 heavy (non-hydrogen) atoms. The number of piperazine rings is 1. The molecule has 162 valence electrons. The van der Waals surface area contributed by atoms with E-state index in [4.69, 9.17) is 16.3 Å². The molecule has 7 heteroatoms. The number of anilines is 1. The van der Waals surface area contributed by atoms with E-state index in [1.54, 1.807) is 0 Å². The number of rotatable bonds is 6. The van der Waals surface area contributed by atoms with Gasteiger partial charge in [-0.25, -0.2) is 0 Å². The fourth-order valence-corrected chi connectivity index (χ4v) is 3.97. The van der Waals surface area contributed by atoms with E-state index in [0.29, 0.717) is 13.2 Å². The second-order valence-corrected chi connectivity index (χ2v) is 7.90. The standard InChI is InChI=1S/C22H29ClN2O2.2ClH/c1-16-11-17(2)22(18(3)12-16)27-15-21(26)14-24-7-9-25(10-8-24)20-6-4-5-19(23)13-20;;/h4-6,11-13,21,26H,7-10,14-15H2,1-3H3;2*1H. The van der Waals surface area contributed by atoms with Crippen LogP contribution in [0.25, 0.3) is 0 Å². The zero-order valence-electron chi connectivity index (χ0n) is 17.2. The molecular weight excluding hydrogens is 431 g/mol. The van der Waals surface area contributed by atoms with Gasteiger partial charge in [-0.1, -0.05) is 35.4 Å². The number of aryl methyl sites for hydroxylation is 3. The minimum Gasteiger partial charge on any atom is -0.490 e. The van der Waals surface area contributed by atoms with Crippen LogP contribution < -0.4 is 9.64 Å². The SMILES string of the molecule is Cc1cc(C)c(OCC(O)CN2CCN(c3cccc(Cl)c3)CC2)c(C)c1.Cl.Cl. The first kappa shape index (κ1) is 25.9. The van der Waals surface area contributed by atoms with Gasteiger partial charge in [0.25, 0.3) is 0 Å². The van der Waals surface area contributed by atoms with Crippen molar-refractivity contribution in [3.8, 4) is 5.75 Å². The molecule has 1 fully saturated rings. The van der Waals surface area contributed by atoms with Crippen molar-refractivity contribution < 1.29 is 9.84 Å². The Hall–Kier alpha value is -1.17. The maximum atomic E-state index is 10.4. The van der Waals surface area contributed by atoms with Crippen LogP contribution in [0.2, 0.25) is 5.02 Å². The van der Waals surface area contributed by atoms with Gasteiger partial charge in [-0.2, -0.15) is 0 Å². The Balaban J connectivity index is 0.00000210. The molecule has 1 saturated heterocycles. The van der Waals surface area contributed by atoms with Crippen LogP contribution in [0.4, 0.5) is 5.69 Å². The van der Waals surface area contributed by atoms with Crippen LogP contribution in [0.1, 0.15) is 16.7 Å². The van der Waals surface area contributed by atoms with E-state index in [1.165, 1.54) is 5.56 Å². The molecule has 3 rings (SSSR count). The number of nitrogens with zero attached hydrogens (tertiary/aromatic N) is 2. The van der Waals surface area contributed by atoms with Gasteiger partial charge in [-0.3, -0.25) is 4.90 Å². The second-order valence-electron chi connectivity index (χ2n) is 7.46. The second kappa shape index (κ2) is 11.9. The molecule has 0 aliphatic carbocycles. The maximum Gasteiger partial charge on any atom is 0.125 e. The summed E-state index contributed by atoms with van der Waals surface area (Å²) >= 11 is 6.09. The Labute approximate surface area is 191 Å². The van der Waals surface area contributed by atoms with Crippen molar-refractivity contribution in [2.75, 3.05) is 44.2 Å². The molecule has 4 nitrogen and oxygen atoms in total. The minimum absolute atomic E-state index is 0. The Kier molecular flexibility index (Phi) is 10.6. The van der Waals surface area contributed by atoms with Gasteiger partial charge in [0.2, 0.25) is 0 Å². The van der Waals surface area contributed by atoms with Gasteiger partial charge < -0.3 is 14.7 Å². The Morgan fingerprint density at radius 3 is 2.21 bits per heavy atom. The number of aliphatic hydroxyl groups excluding tert-OH is 1. The lowest BCUT2D eigenvalue weighted by molar-refractivity contribution is 0.0658. The first-order valence-electron chi connectivity index (χ1n) is 9.54. The van der Waals surface area contributed by atoms with E-state index in [1.807, 2.05) is 18.2 Å². The summed E-state index contributed by atoms with van der Waals surface area (Å²) in [7, 11) is 0. The Bertz CT molecular complexity index is 757. The molecule has 0 radical (unpaired) electrons. The summed E-state index contributed by atoms with van der Waals surface area (Å²) in [5, 5.41) is 11.2. The normalized spacial score (nSPS) is 15.3. The third-order valence-electron chi connectivity index (χ3n) is 5.04. The summed E-state index contributed by atoms with van der Waals surface area (Å²) in [4.78, 5) is 4.63. The molecule has 2 aromatic rings. The average molecular weight is 462 g/mol. The molecule has 2 aromatic carbocycles. The van der Waals surface area contributed by atoms with E-state index < -0.39 is 6.10 Å². The topological polar surface area (TPSA) is 35.9 Å². The molecule has 0 spiro atoms. The molecule has 0 aromatic heterocycles. The molecule has 1 unspecified atom stereocenters. The number of β-amino-alcohol motifs (C(OH)–C–C–N with tert-alkyl or cyclic N) is 1. The molecule has 1 N–H and O–H groups in total. The molecule has 0 saturated carbocycles. The molecular formula is C22H31Cl3N2O2. The van der Waals surface area contributed by atoms with Crippen LogP contribution in [0, 0.1) is 20.8 Å². The van der Waals surface area contributed by atoms with Gasteiger partial charge in [0.05, 0.1) is 0 Å². The number of benzene rings is 2. The summed E-state index contributed by atoms with van der Waals surface area (Å²) in [6, 6.07) is 12.2. The number of ether oxygens (including phenoxy) is 1. The summed E-state index contributed by atoms with van der Waals surface area (Å²) in [5.41, 5.74) is 4.64. The Morgan fingerprint density at radius 2 is 1.62 bits per heavy atom. The highest BCUT2D eigenvalue weighted by atomic mass is 35.5. The lowest BCUT2D eigenvalue weighted by atomic mass is 10.1. The van der Waals surface area contributed by atoms with Crippen molar-refractivity contribution in [1.82, 2.24) is 4.90 Å². The quantitative estimate of drug-likeness (QED) is 0.678. The monoisotopic (exact) mass is 460 g/mol. The fourth-order valence-electron chi connectivity index (χ4n) is 3.79. The molecule has 1 aliphatic rings. The largest absolute Gasteiger partial charge is 0.490 e. The highest BCUT2D eigenvalue weighted by Gasteiger charge is 2.20. The van der Waals surface area contributed by atoms with Crippen LogP contribution in [0.5, 0.6) is 5.75 Å². The lowest BCUT2D eigenvalue weighted by Crippen LogP contribution is -2.49. The molecule has 0 bridgehead atoms. The summed E-state index contributed by atoms with van der Waals surface area (Å²) in [6.07, 6.45) is -0.497. The first-order valence-corrected chi connectivity index (χ1v) is 9.92. The highest BCUT2D eigenvalue weighted by molar-refractivity contribution is 6.30. The van der Waals surface area contributed by atoms with E-state index in [2.05, 4.69) is 48.8 Å². The number of halogens is 3. The predicted molar refractivity (Wildman–Crippen MR) is 127 cm³/mol. The third kappa shape index (κ3) is 7.23. The lowest BCUT2D eigenvalue weighted by Gasteiger charge is -2.37. The summed E-state index contributed by atoms with van der Waals surface area (Å²) < 4.78 is 5.93. The molecule has 1 atom stereocenters. The molecule has 1 aliphatic heterocycles. The van der Waals surface area contributed by atoms with E-state index in [-0.39, 0.29) is 24.8 Å². The van der Waals surface area contributed by atoms with Crippen LogP contribution in [0.3, 0.4) is 0 Å². The summed E-state index contributed by atoms with van der Waals surface area (Å²) in [6.45, 7) is 10.9. The molecule has 1 heterocycles. The van der Waals surface area contributed by atoms with Gasteiger partial charge in [0, 0.05) is 43.4 Å². The third-order valence-corrected chi connectivity index (χ3v) is 5.27. The zero-order chi connectivity index (χ0) is 19.4. The van der Waals surface area contributed by atoms with Gasteiger partial charge in [0.1, 0.15) is 18.5 Å². The van der Waals surface area contributed by atoms with Crippen molar-refractivity contribution in [3.63, 3.8) is 0 Å². The van der Waals surface area contributed by atoms with Crippen molar-refractivity contribution in [1.29, 1.82) is 0 Å².